The van der Waals surface area contributed by atoms with E-state index >= 15 is 0 Å². The van der Waals surface area contributed by atoms with Gasteiger partial charge in [0.15, 0.2) is 0 Å². The molecular formula is C14H24N2O4. The van der Waals surface area contributed by atoms with Gasteiger partial charge >= 0.3 is 0 Å². The highest BCUT2D eigenvalue weighted by Gasteiger charge is 2.30. The number of ether oxygens (including phenoxy) is 2. The molecule has 0 bridgehead atoms. The summed E-state index contributed by atoms with van der Waals surface area (Å²) < 4.78 is 10.9. The molecule has 2 saturated heterocycles. The van der Waals surface area contributed by atoms with Crippen molar-refractivity contribution in [3.05, 3.63) is 0 Å². The number of nitrogens with two attached hydrogens (primary N) is 1. The molecule has 20 heavy (non-hydrogen) atoms. The Bertz CT molecular complexity index is 342. The number of amides is 2. The summed E-state index contributed by atoms with van der Waals surface area (Å²) in [5.41, 5.74) is 5.35. The maximum Gasteiger partial charge on any atom is 0.240 e. The Morgan fingerprint density at radius 3 is 2.80 bits per heavy atom. The highest BCUT2D eigenvalue weighted by molar-refractivity contribution is 5.86. The molecule has 0 radical (unpaired) electrons. The molecule has 2 aliphatic heterocycles. The Labute approximate surface area is 119 Å². The number of nitrogens with zero attached hydrogens (tertiary/aromatic N) is 1. The van der Waals surface area contributed by atoms with Crippen LogP contribution in [0.2, 0.25) is 0 Å². The van der Waals surface area contributed by atoms with Crippen molar-refractivity contribution in [1.29, 1.82) is 0 Å². The molecule has 2 fully saturated rings. The predicted molar refractivity (Wildman–Crippen MR) is 73.0 cm³/mol. The van der Waals surface area contributed by atoms with E-state index in [-0.39, 0.29) is 12.0 Å². The normalized spacial score (nSPS) is 26.7. The summed E-state index contributed by atoms with van der Waals surface area (Å²) in [5.74, 6) is -0.445. The zero-order chi connectivity index (χ0) is 14.4. The number of carbonyl (C=O) groups is 2. The summed E-state index contributed by atoms with van der Waals surface area (Å²) >= 11 is 0. The molecular weight excluding hydrogens is 260 g/mol. The van der Waals surface area contributed by atoms with Crippen molar-refractivity contribution >= 4 is 11.8 Å². The predicted octanol–water partition coefficient (Wildman–Crippen LogP) is 0.438. The van der Waals surface area contributed by atoms with E-state index in [4.69, 9.17) is 15.2 Å². The first-order chi connectivity index (χ1) is 9.68. The molecule has 114 valence electrons. The average Bonchev–Trinajstić information content (AvgIpc) is 2.96. The minimum absolute atomic E-state index is 0.0409. The van der Waals surface area contributed by atoms with Crippen molar-refractivity contribution in [2.45, 2.75) is 50.7 Å². The summed E-state index contributed by atoms with van der Waals surface area (Å²) in [7, 11) is 0. The number of likely N-dealkylation sites (tertiary alicyclic amines) is 1. The molecule has 2 aliphatic rings. The minimum atomic E-state index is -0.436. The van der Waals surface area contributed by atoms with Gasteiger partial charge < -0.3 is 20.1 Å². The van der Waals surface area contributed by atoms with Crippen LogP contribution < -0.4 is 5.73 Å². The lowest BCUT2D eigenvalue weighted by atomic mass is 10.0. The lowest BCUT2D eigenvalue weighted by Crippen LogP contribution is -2.50. The molecule has 0 saturated carbocycles. The summed E-state index contributed by atoms with van der Waals surface area (Å²) in [6.07, 6.45) is 5.16. The molecule has 0 aromatic carbocycles. The number of hydrogen-bond acceptors (Lipinski definition) is 4. The number of carbonyl (C=O) groups excluding carboxylic acids is 2. The molecule has 2 rings (SSSR count). The van der Waals surface area contributed by atoms with E-state index in [0.717, 1.165) is 32.3 Å². The van der Waals surface area contributed by atoms with E-state index in [1.54, 1.807) is 4.90 Å². The summed E-state index contributed by atoms with van der Waals surface area (Å²) in [6.45, 7) is 2.35. The second-order valence-electron chi connectivity index (χ2n) is 5.46. The SMILES string of the molecule is NC(=O)[C@H]1CCCCN1C(=O)CCOC[C@@H]1CCCO1. The lowest BCUT2D eigenvalue weighted by molar-refractivity contribution is -0.142. The molecule has 6 heteroatoms. The Balaban J connectivity index is 1.68. The van der Waals surface area contributed by atoms with Gasteiger partial charge in [0.25, 0.3) is 0 Å². The van der Waals surface area contributed by atoms with Crippen LogP contribution in [0, 0.1) is 0 Å². The van der Waals surface area contributed by atoms with Gasteiger partial charge in [-0.05, 0) is 32.1 Å². The minimum Gasteiger partial charge on any atom is -0.378 e. The summed E-state index contributed by atoms with van der Waals surface area (Å²) in [6, 6.07) is -0.436. The molecule has 0 aromatic heterocycles. The van der Waals surface area contributed by atoms with Gasteiger partial charge in [0.1, 0.15) is 6.04 Å². The van der Waals surface area contributed by atoms with Gasteiger partial charge in [-0.1, -0.05) is 0 Å². The van der Waals surface area contributed by atoms with E-state index < -0.39 is 11.9 Å². The number of primary amides is 1. The van der Waals surface area contributed by atoms with Gasteiger partial charge in [-0.3, -0.25) is 9.59 Å². The molecule has 0 spiro atoms. The Hall–Kier alpha value is -1.14. The Kier molecular flexibility index (Phi) is 5.79. The van der Waals surface area contributed by atoms with Crippen LogP contribution in [-0.2, 0) is 19.1 Å². The smallest absolute Gasteiger partial charge is 0.240 e. The van der Waals surface area contributed by atoms with Crippen molar-refractivity contribution in [1.82, 2.24) is 4.90 Å². The zero-order valence-corrected chi connectivity index (χ0v) is 11.9. The first-order valence-corrected chi connectivity index (χ1v) is 7.46. The monoisotopic (exact) mass is 284 g/mol. The molecule has 0 aromatic rings. The van der Waals surface area contributed by atoms with E-state index in [1.165, 1.54) is 0 Å². The lowest BCUT2D eigenvalue weighted by Gasteiger charge is -2.33. The van der Waals surface area contributed by atoms with Crippen molar-refractivity contribution in [2.24, 2.45) is 5.73 Å². The first kappa shape index (κ1) is 15.3. The van der Waals surface area contributed by atoms with E-state index in [2.05, 4.69) is 0 Å². The quantitative estimate of drug-likeness (QED) is 0.717. The van der Waals surface area contributed by atoms with Crippen molar-refractivity contribution < 1.29 is 19.1 Å². The van der Waals surface area contributed by atoms with Crippen molar-refractivity contribution in [2.75, 3.05) is 26.4 Å². The fraction of sp³-hybridized carbons (Fsp3) is 0.857. The summed E-state index contributed by atoms with van der Waals surface area (Å²) in [4.78, 5) is 25.1. The van der Waals surface area contributed by atoms with E-state index in [9.17, 15) is 9.59 Å². The number of piperidine rings is 1. The topological polar surface area (TPSA) is 81.9 Å². The fourth-order valence-electron chi connectivity index (χ4n) is 2.82. The highest BCUT2D eigenvalue weighted by atomic mass is 16.5. The third-order valence-electron chi connectivity index (χ3n) is 3.94. The zero-order valence-electron chi connectivity index (χ0n) is 11.9. The van der Waals surface area contributed by atoms with Crippen LogP contribution >= 0.6 is 0 Å². The molecule has 0 aliphatic carbocycles. The van der Waals surface area contributed by atoms with Gasteiger partial charge in [-0.2, -0.15) is 0 Å². The van der Waals surface area contributed by atoms with Crippen LogP contribution in [0.5, 0.6) is 0 Å². The molecule has 6 nitrogen and oxygen atoms in total. The second kappa shape index (κ2) is 7.59. The van der Waals surface area contributed by atoms with Gasteiger partial charge in [-0.15, -0.1) is 0 Å². The molecule has 2 heterocycles. The van der Waals surface area contributed by atoms with Crippen molar-refractivity contribution in [3.8, 4) is 0 Å². The van der Waals surface area contributed by atoms with Gasteiger partial charge in [-0.25, -0.2) is 0 Å². The number of rotatable bonds is 6. The Morgan fingerprint density at radius 1 is 1.25 bits per heavy atom. The van der Waals surface area contributed by atoms with Crippen LogP contribution in [-0.4, -0.2) is 55.2 Å². The van der Waals surface area contributed by atoms with E-state index in [1.807, 2.05) is 0 Å². The number of hydrogen-bond donors (Lipinski definition) is 1. The first-order valence-electron chi connectivity index (χ1n) is 7.46. The highest BCUT2D eigenvalue weighted by Crippen LogP contribution is 2.18. The van der Waals surface area contributed by atoms with Crippen LogP contribution in [0.15, 0.2) is 0 Å². The third kappa shape index (κ3) is 4.18. The second-order valence-corrected chi connectivity index (χ2v) is 5.46. The average molecular weight is 284 g/mol. The molecule has 0 unspecified atom stereocenters. The molecule has 2 amide bonds. The fourth-order valence-corrected chi connectivity index (χ4v) is 2.82. The van der Waals surface area contributed by atoms with Crippen LogP contribution in [0.1, 0.15) is 38.5 Å². The molecule has 2 atom stereocenters. The Morgan fingerprint density at radius 2 is 2.10 bits per heavy atom. The van der Waals surface area contributed by atoms with Gasteiger partial charge in [0, 0.05) is 13.2 Å². The van der Waals surface area contributed by atoms with Crippen LogP contribution in [0.25, 0.3) is 0 Å². The van der Waals surface area contributed by atoms with Gasteiger partial charge in [0.2, 0.25) is 11.8 Å². The maximum absolute atomic E-state index is 12.1. The van der Waals surface area contributed by atoms with Gasteiger partial charge in [0.05, 0.1) is 25.7 Å². The maximum atomic E-state index is 12.1. The van der Waals surface area contributed by atoms with Crippen LogP contribution in [0.4, 0.5) is 0 Å². The molecule has 2 N–H and O–H groups in total. The standard InChI is InChI=1S/C14H24N2O4/c15-14(18)12-5-1-2-7-16(12)13(17)6-9-19-10-11-4-3-8-20-11/h11-12H,1-10H2,(H2,15,18)/t11-,12+/m0/s1. The third-order valence-corrected chi connectivity index (χ3v) is 3.94. The summed E-state index contributed by atoms with van der Waals surface area (Å²) in [5, 5.41) is 0. The largest absolute Gasteiger partial charge is 0.378 e. The van der Waals surface area contributed by atoms with Crippen molar-refractivity contribution in [3.63, 3.8) is 0 Å². The van der Waals surface area contributed by atoms with Crippen LogP contribution in [0.3, 0.4) is 0 Å². The van der Waals surface area contributed by atoms with E-state index in [0.29, 0.717) is 32.6 Å².